The van der Waals surface area contributed by atoms with Crippen LogP contribution in [0.25, 0.3) is 6.08 Å². The number of nitriles is 1. The predicted molar refractivity (Wildman–Crippen MR) is 93.8 cm³/mol. The summed E-state index contributed by atoms with van der Waals surface area (Å²) in [5.74, 6) is 0.442. The van der Waals surface area contributed by atoms with Crippen LogP contribution in [0.4, 0.5) is 0 Å². The third kappa shape index (κ3) is 3.59. The van der Waals surface area contributed by atoms with Crippen LogP contribution in [0, 0.1) is 11.3 Å². The van der Waals surface area contributed by atoms with E-state index in [2.05, 4.69) is 16.7 Å². The summed E-state index contributed by atoms with van der Waals surface area (Å²) < 4.78 is 5.71. The molecule has 118 valence electrons. The summed E-state index contributed by atoms with van der Waals surface area (Å²) in [4.78, 5) is 11.6. The fourth-order valence-electron chi connectivity index (χ4n) is 2.23. The molecule has 24 heavy (non-hydrogen) atoms. The van der Waals surface area contributed by atoms with Crippen LogP contribution in [-0.4, -0.2) is 11.0 Å². The molecule has 1 aliphatic heterocycles. The minimum atomic E-state index is -0.242. The Kier molecular flexibility index (Phi) is 4.54. The van der Waals surface area contributed by atoms with Crippen LogP contribution >= 0.6 is 12.2 Å². The van der Waals surface area contributed by atoms with Crippen molar-refractivity contribution >= 4 is 29.3 Å². The molecule has 0 saturated carbocycles. The summed E-state index contributed by atoms with van der Waals surface area (Å²) >= 11 is 4.88. The molecule has 0 aliphatic carbocycles. The number of nitrogens with one attached hydrogen (secondary N) is 2. The molecule has 1 heterocycles. The van der Waals surface area contributed by atoms with Gasteiger partial charge in [0.15, 0.2) is 5.11 Å². The molecule has 2 N–H and O–H groups in total. The minimum absolute atomic E-state index is 0.242. The van der Waals surface area contributed by atoms with E-state index in [0.29, 0.717) is 28.7 Å². The number of amides is 1. The highest BCUT2D eigenvalue weighted by atomic mass is 32.1. The molecular formula is C18H13N3O2S. The number of carbonyl (C=O) groups excluding carboxylic acids is 1. The van der Waals surface area contributed by atoms with Gasteiger partial charge in [-0.1, -0.05) is 30.3 Å². The maximum atomic E-state index is 11.6. The number of ether oxygens (including phenoxy) is 1. The normalized spacial score (nSPS) is 14.9. The highest BCUT2D eigenvalue weighted by Crippen LogP contribution is 2.17. The van der Waals surface area contributed by atoms with Crippen LogP contribution in [0.3, 0.4) is 0 Å². The van der Waals surface area contributed by atoms with Gasteiger partial charge in [0.05, 0.1) is 11.6 Å². The Balaban J connectivity index is 1.67. The van der Waals surface area contributed by atoms with E-state index < -0.39 is 0 Å². The van der Waals surface area contributed by atoms with Gasteiger partial charge in [-0.3, -0.25) is 10.1 Å². The van der Waals surface area contributed by atoms with Crippen LogP contribution in [0.15, 0.2) is 54.2 Å². The molecule has 0 unspecified atom stereocenters. The summed E-state index contributed by atoms with van der Waals surface area (Å²) in [5.41, 5.74) is 2.71. The van der Waals surface area contributed by atoms with E-state index in [1.54, 1.807) is 12.1 Å². The van der Waals surface area contributed by atoms with Crippen molar-refractivity contribution in [2.24, 2.45) is 0 Å². The summed E-state index contributed by atoms with van der Waals surface area (Å²) in [6, 6.07) is 16.8. The van der Waals surface area contributed by atoms with Crippen LogP contribution < -0.4 is 15.4 Å². The van der Waals surface area contributed by atoms with Crippen molar-refractivity contribution in [3.05, 3.63) is 70.9 Å². The molecule has 3 rings (SSSR count). The fraction of sp³-hybridized carbons (Fsp3) is 0.0556. The standard InChI is InChI=1S/C18H13N3O2S/c19-10-13-3-1-2-4-14(13)11-23-15-7-5-12(6-8-15)9-16-17(22)21-18(24)20-16/h1-9H,11H2,(H2,20,21,22,24)/b16-9-. The summed E-state index contributed by atoms with van der Waals surface area (Å²) in [6.45, 7) is 0.322. The summed E-state index contributed by atoms with van der Waals surface area (Å²) in [6.07, 6.45) is 1.71. The molecule has 1 saturated heterocycles. The van der Waals surface area contributed by atoms with Gasteiger partial charge in [0, 0.05) is 5.56 Å². The molecule has 1 amide bonds. The maximum absolute atomic E-state index is 11.6. The molecule has 2 aromatic carbocycles. The molecule has 0 spiro atoms. The highest BCUT2D eigenvalue weighted by molar-refractivity contribution is 7.80. The van der Waals surface area contributed by atoms with E-state index in [4.69, 9.17) is 22.2 Å². The van der Waals surface area contributed by atoms with Gasteiger partial charge in [-0.15, -0.1) is 0 Å². The van der Waals surface area contributed by atoms with Gasteiger partial charge in [0.1, 0.15) is 18.1 Å². The zero-order chi connectivity index (χ0) is 16.9. The molecule has 0 atom stereocenters. The van der Waals surface area contributed by atoms with Crippen molar-refractivity contribution in [1.29, 1.82) is 5.26 Å². The number of carbonyl (C=O) groups is 1. The molecule has 0 aromatic heterocycles. The average molecular weight is 335 g/mol. The van der Waals surface area contributed by atoms with E-state index in [1.807, 2.05) is 42.5 Å². The van der Waals surface area contributed by atoms with Crippen LogP contribution in [-0.2, 0) is 11.4 Å². The van der Waals surface area contributed by atoms with Crippen molar-refractivity contribution in [2.75, 3.05) is 0 Å². The second kappa shape index (κ2) is 6.94. The Morgan fingerprint density at radius 1 is 1.12 bits per heavy atom. The van der Waals surface area contributed by atoms with E-state index in [9.17, 15) is 4.79 Å². The maximum Gasteiger partial charge on any atom is 0.273 e. The molecular weight excluding hydrogens is 322 g/mol. The van der Waals surface area contributed by atoms with Crippen LogP contribution in [0.1, 0.15) is 16.7 Å². The van der Waals surface area contributed by atoms with E-state index in [1.165, 1.54) is 0 Å². The monoisotopic (exact) mass is 335 g/mol. The number of thiocarbonyl (C=S) groups is 1. The minimum Gasteiger partial charge on any atom is -0.489 e. The molecule has 1 aliphatic rings. The summed E-state index contributed by atoms with van der Waals surface area (Å²) in [5, 5.41) is 14.7. The second-order valence-corrected chi connectivity index (χ2v) is 5.50. The first-order valence-electron chi connectivity index (χ1n) is 7.20. The number of rotatable bonds is 4. The first-order chi connectivity index (χ1) is 11.7. The van der Waals surface area contributed by atoms with Gasteiger partial charge in [-0.05, 0) is 42.1 Å². The molecule has 5 nitrogen and oxygen atoms in total. The van der Waals surface area contributed by atoms with E-state index >= 15 is 0 Å². The van der Waals surface area contributed by atoms with E-state index in [0.717, 1.165) is 11.1 Å². The number of hydrogen-bond acceptors (Lipinski definition) is 4. The highest BCUT2D eigenvalue weighted by Gasteiger charge is 2.19. The Labute approximate surface area is 144 Å². The lowest BCUT2D eigenvalue weighted by molar-refractivity contribution is -0.115. The van der Waals surface area contributed by atoms with Crippen molar-refractivity contribution in [3.63, 3.8) is 0 Å². The van der Waals surface area contributed by atoms with Gasteiger partial charge >= 0.3 is 0 Å². The number of hydrogen-bond donors (Lipinski definition) is 2. The second-order valence-electron chi connectivity index (χ2n) is 5.09. The van der Waals surface area contributed by atoms with Crippen molar-refractivity contribution in [2.45, 2.75) is 6.61 Å². The lowest BCUT2D eigenvalue weighted by Crippen LogP contribution is -2.21. The third-order valence-corrected chi connectivity index (χ3v) is 3.65. The Morgan fingerprint density at radius 3 is 2.54 bits per heavy atom. The molecule has 2 aromatic rings. The predicted octanol–water partition coefficient (Wildman–Crippen LogP) is 2.48. The van der Waals surface area contributed by atoms with Crippen molar-refractivity contribution in [1.82, 2.24) is 10.6 Å². The Bertz CT molecular complexity index is 867. The number of benzene rings is 2. The molecule has 0 radical (unpaired) electrons. The van der Waals surface area contributed by atoms with E-state index in [-0.39, 0.29) is 5.91 Å². The quantitative estimate of drug-likeness (QED) is 0.663. The zero-order valence-corrected chi connectivity index (χ0v) is 13.4. The summed E-state index contributed by atoms with van der Waals surface area (Å²) in [7, 11) is 0. The zero-order valence-electron chi connectivity index (χ0n) is 12.6. The fourth-order valence-corrected chi connectivity index (χ4v) is 2.43. The lowest BCUT2D eigenvalue weighted by atomic mass is 10.1. The van der Waals surface area contributed by atoms with Gasteiger partial charge < -0.3 is 10.1 Å². The molecule has 6 heteroatoms. The van der Waals surface area contributed by atoms with Crippen molar-refractivity contribution in [3.8, 4) is 11.8 Å². The largest absolute Gasteiger partial charge is 0.489 e. The van der Waals surface area contributed by atoms with Gasteiger partial charge in [0.2, 0.25) is 0 Å². The average Bonchev–Trinajstić information content (AvgIpc) is 2.91. The lowest BCUT2D eigenvalue weighted by Gasteiger charge is -2.08. The molecule has 0 bridgehead atoms. The topological polar surface area (TPSA) is 74.2 Å². The Hall–Kier alpha value is -3.17. The smallest absolute Gasteiger partial charge is 0.273 e. The van der Waals surface area contributed by atoms with Crippen LogP contribution in [0.2, 0.25) is 0 Å². The van der Waals surface area contributed by atoms with Crippen molar-refractivity contribution < 1.29 is 9.53 Å². The Morgan fingerprint density at radius 2 is 1.88 bits per heavy atom. The first-order valence-corrected chi connectivity index (χ1v) is 7.61. The van der Waals surface area contributed by atoms with Gasteiger partial charge in [0.25, 0.3) is 5.91 Å². The SMILES string of the molecule is N#Cc1ccccc1COc1ccc(/C=C2\NC(=S)NC2=O)cc1. The van der Waals surface area contributed by atoms with Crippen LogP contribution in [0.5, 0.6) is 5.75 Å². The van der Waals surface area contributed by atoms with Gasteiger partial charge in [-0.2, -0.15) is 5.26 Å². The first kappa shape index (κ1) is 15.7. The third-order valence-electron chi connectivity index (χ3n) is 3.44. The van der Waals surface area contributed by atoms with Gasteiger partial charge in [-0.25, -0.2) is 0 Å². The molecule has 1 fully saturated rings. The number of nitrogens with zero attached hydrogens (tertiary/aromatic N) is 1.